The average Bonchev–Trinajstić information content (AvgIpc) is 2.83. The second kappa shape index (κ2) is 8.05. The highest BCUT2D eigenvalue weighted by atomic mass is 32.2. The molecule has 0 atom stereocenters. The highest BCUT2D eigenvalue weighted by molar-refractivity contribution is 7.92. The molecule has 0 saturated heterocycles. The molecule has 0 fully saturated rings. The number of amides is 1. The van der Waals surface area contributed by atoms with E-state index in [1.165, 1.54) is 10.5 Å². The number of aromatic nitrogens is 2. The minimum absolute atomic E-state index is 0.190. The van der Waals surface area contributed by atoms with Crippen molar-refractivity contribution in [2.75, 3.05) is 16.2 Å². The molecule has 1 amide bonds. The third-order valence-corrected chi connectivity index (χ3v) is 7.26. The first kappa shape index (κ1) is 20.1. The van der Waals surface area contributed by atoms with E-state index in [0.29, 0.717) is 29.0 Å². The van der Waals surface area contributed by atoms with E-state index >= 15 is 0 Å². The van der Waals surface area contributed by atoms with Crippen LogP contribution < -0.4 is 9.62 Å². The van der Waals surface area contributed by atoms with Gasteiger partial charge in [0.25, 0.3) is 15.9 Å². The van der Waals surface area contributed by atoms with Crippen LogP contribution in [0.25, 0.3) is 11.0 Å². The Kier molecular flexibility index (Phi) is 5.07. The van der Waals surface area contributed by atoms with Crippen molar-refractivity contribution in [1.82, 2.24) is 9.97 Å². The number of carbonyl (C=O) groups excluding carboxylic acids is 1. The topological polar surface area (TPSA) is 92.3 Å². The lowest BCUT2D eigenvalue weighted by atomic mass is 10.0. The fourth-order valence-electron chi connectivity index (χ4n) is 3.85. The molecule has 1 aliphatic heterocycles. The largest absolute Gasteiger partial charge is 0.321 e. The Morgan fingerprint density at radius 3 is 2.50 bits per heavy atom. The van der Waals surface area contributed by atoms with Crippen molar-refractivity contribution in [3.05, 3.63) is 90.3 Å². The summed E-state index contributed by atoms with van der Waals surface area (Å²) >= 11 is 0. The molecule has 1 aliphatic rings. The Bertz CT molecular complexity index is 1420. The van der Waals surface area contributed by atoms with Crippen molar-refractivity contribution in [3.8, 4) is 0 Å². The summed E-state index contributed by atoms with van der Waals surface area (Å²) in [7, 11) is -3.70. The van der Waals surface area contributed by atoms with Crippen LogP contribution in [0.3, 0.4) is 0 Å². The zero-order chi connectivity index (χ0) is 22.1. The van der Waals surface area contributed by atoms with Crippen LogP contribution in [0.1, 0.15) is 22.5 Å². The van der Waals surface area contributed by atoms with Gasteiger partial charge in [0.05, 0.1) is 27.8 Å². The van der Waals surface area contributed by atoms with Gasteiger partial charge in [0.1, 0.15) is 5.69 Å². The van der Waals surface area contributed by atoms with E-state index in [4.69, 9.17) is 0 Å². The summed E-state index contributed by atoms with van der Waals surface area (Å²) in [5, 5.41) is 2.82. The molecule has 0 spiro atoms. The number of rotatable bonds is 4. The molecule has 1 aromatic heterocycles. The third kappa shape index (κ3) is 3.69. The number of benzene rings is 3. The Morgan fingerprint density at radius 2 is 1.69 bits per heavy atom. The summed E-state index contributed by atoms with van der Waals surface area (Å²) < 4.78 is 27.9. The van der Waals surface area contributed by atoms with Gasteiger partial charge in [-0.3, -0.25) is 14.1 Å². The second-order valence-electron chi connectivity index (χ2n) is 7.54. The molecule has 2 heterocycles. The maximum Gasteiger partial charge on any atom is 0.275 e. The quantitative estimate of drug-likeness (QED) is 0.513. The lowest BCUT2D eigenvalue weighted by Gasteiger charge is -2.31. The van der Waals surface area contributed by atoms with E-state index in [2.05, 4.69) is 15.3 Å². The molecule has 0 bridgehead atoms. The van der Waals surface area contributed by atoms with Crippen LogP contribution in [-0.2, 0) is 16.4 Å². The first-order chi connectivity index (χ1) is 15.5. The molecule has 0 saturated carbocycles. The van der Waals surface area contributed by atoms with Crippen molar-refractivity contribution in [2.45, 2.75) is 17.7 Å². The van der Waals surface area contributed by atoms with Crippen molar-refractivity contribution in [3.63, 3.8) is 0 Å². The maximum absolute atomic E-state index is 13.2. The number of nitrogens with one attached hydrogen (secondary N) is 1. The third-order valence-electron chi connectivity index (χ3n) is 5.43. The summed E-state index contributed by atoms with van der Waals surface area (Å²) in [6.07, 6.45) is 2.94. The molecule has 32 heavy (non-hydrogen) atoms. The summed E-state index contributed by atoms with van der Waals surface area (Å²) in [5.74, 6) is -0.406. The second-order valence-corrected chi connectivity index (χ2v) is 9.40. The zero-order valence-electron chi connectivity index (χ0n) is 17.1. The van der Waals surface area contributed by atoms with E-state index in [0.717, 1.165) is 18.4 Å². The standard InChI is InChI=1S/C24H20N4O3S/c29-24(22-16-25-20-10-4-5-11-21(20)27-22)26-18-13-12-17-7-6-14-28(23(17)15-18)32(30,31)19-8-2-1-3-9-19/h1-5,8-13,15-16H,6-7,14H2,(H,26,29). The van der Waals surface area contributed by atoms with Crippen molar-refractivity contribution in [2.24, 2.45) is 0 Å². The zero-order valence-corrected chi connectivity index (χ0v) is 17.9. The minimum atomic E-state index is -3.70. The summed E-state index contributed by atoms with van der Waals surface area (Å²) in [6, 6.07) is 21.1. The van der Waals surface area contributed by atoms with Gasteiger partial charge in [-0.15, -0.1) is 0 Å². The number of carbonyl (C=O) groups is 1. The molecule has 0 aliphatic carbocycles. The highest BCUT2D eigenvalue weighted by Gasteiger charge is 2.29. The van der Waals surface area contributed by atoms with Crippen molar-refractivity contribution in [1.29, 1.82) is 0 Å². The van der Waals surface area contributed by atoms with Gasteiger partial charge in [-0.25, -0.2) is 13.4 Å². The van der Waals surface area contributed by atoms with Gasteiger partial charge in [0.15, 0.2) is 0 Å². The van der Waals surface area contributed by atoms with Crippen LogP contribution in [0.2, 0.25) is 0 Å². The van der Waals surface area contributed by atoms with E-state index in [9.17, 15) is 13.2 Å². The Balaban J connectivity index is 1.46. The van der Waals surface area contributed by atoms with Crippen LogP contribution >= 0.6 is 0 Å². The number of sulfonamides is 1. The van der Waals surface area contributed by atoms with E-state index in [1.54, 1.807) is 48.5 Å². The van der Waals surface area contributed by atoms with Gasteiger partial charge >= 0.3 is 0 Å². The van der Waals surface area contributed by atoms with Gasteiger partial charge < -0.3 is 5.32 Å². The number of para-hydroxylation sites is 2. The number of hydrogen-bond donors (Lipinski definition) is 1. The molecular formula is C24H20N4O3S. The molecular weight excluding hydrogens is 424 g/mol. The number of aryl methyl sites for hydroxylation is 1. The van der Waals surface area contributed by atoms with E-state index < -0.39 is 15.9 Å². The van der Waals surface area contributed by atoms with Crippen LogP contribution in [-0.4, -0.2) is 30.8 Å². The van der Waals surface area contributed by atoms with Crippen molar-refractivity contribution < 1.29 is 13.2 Å². The molecule has 3 aromatic carbocycles. The van der Waals surface area contributed by atoms with Crippen molar-refractivity contribution >= 4 is 38.3 Å². The smallest absolute Gasteiger partial charge is 0.275 e. The lowest BCUT2D eigenvalue weighted by molar-refractivity contribution is 0.102. The predicted molar refractivity (Wildman–Crippen MR) is 123 cm³/mol. The molecule has 1 N–H and O–H groups in total. The van der Waals surface area contributed by atoms with Gasteiger partial charge in [-0.1, -0.05) is 36.4 Å². The summed E-state index contributed by atoms with van der Waals surface area (Å²) in [4.78, 5) is 21.7. The van der Waals surface area contributed by atoms with E-state index in [1.807, 2.05) is 24.3 Å². The molecule has 0 unspecified atom stereocenters. The van der Waals surface area contributed by atoms with Gasteiger partial charge in [0.2, 0.25) is 0 Å². The monoisotopic (exact) mass is 444 g/mol. The van der Waals surface area contributed by atoms with Crippen LogP contribution in [0, 0.1) is 0 Å². The lowest BCUT2D eigenvalue weighted by Crippen LogP contribution is -2.35. The Hall–Kier alpha value is -3.78. The van der Waals surface area contributed by atoms with Crippen LogP contribution in [0.5, 0.6) is 0 Å². The van der Waals surface area contributed by atoms with Crippen LogP contribution in [0.4, 0.5) is 11.4 Å². The number of nitrogens with zero attached hydrogens (tertiary/aromatic N) is 3. The van der Waals surface area contributed by atoms with Gasteiger partial charge in [-0.2, -0.15) is 0 Å². The number of anilines is 2. The molecule has 0 radical (unpaired) electrons. The van der Waals surface area contributed by atoms with E-state index in [-0.39, 0.29) is 10.6 Å². The maximum atomic E-state index is 13.2. The summed E-state index contributed by atoms with van der Waals surface area (Å²) in [6.45, 7) is 0.387. The molecule has 5 rings (SSSR count). The SMILES string of the molecule is O=C(Nc1ccc2c(c1)N(S(=O)(=O)c1ccccc1)CCC2)c1cnc2ccccc2n1. The molecule has 8 heteroatoms. The Labute approximate surface area is 185 Å². The highest BCUT2D eigenvalue weighted by Crippen LogP contribution is 2.34. The fourth-order valence-corrected chi connectivity index (χ4v) is 5.40. The van der Waals surface area contributed by atoms with Crippen LogP contribution in [0.15, 0.2) is 83.9 Å². The number of fused-ring (bicyclic) bond motifs is 2. The first-order valence-corrected chi connectivity index (χ1v) is 11.7. The van der Waals surface area contributed by atoms with Gasteiger partial charge in [0, 0.05) is 12.2 Å². The Morgan fingerprint density at radius 1 is 0.938 bits per heavy atom. The first-order valence-electron chi connectivity index (χ1n) is 10.3. The predicted octanol–water partition coefficient (Wildman–Crippen LogP) is 4.02. The normalized spacial score (nSPS) is 13.6. The minimum Gasteiger partial charge on any atom is -0.321 e. The molecule has 160 valence electrons. The summed E-state index contributed by atoms with van der Waals surface area (Å²) in [5.41, 5.74) is 3.54. The number of hydrogen-bond acceptors (Lipinski definition) is 5. The van der Waals surface area contributed by atoms with Gasteiger partial charge in [-0.05, 0) is 54.8 Å². The fraction of sp³-hybridized carbons (Fsp3) is 0.125. The molecule has 4 aromatic rings. The average molecular weight is 445 g/mol. The molecule has 7 nitrogen and oxygen atoms in total.